The first kappa shape index (κ1) is 13.6. The molecule has 0 bridgehead atoms. The minimum Gasteiger partial charge on any atom is -0.327 e. The van der Waals surface area contributed by atoms with Crippen molar-refractivity contribution in [3.8, 4) is 0 Å². The smallest absolute Gasteiger partial charge is 0.0522 e. The van der Waals surface area contributed by atoms with Crippen molar-refractivity contribution in [1.82, 2.24) is 9.78 Å². The Hall–Kier alpha value is -0.480. The summed E-state index contributed by atoms with van der Waals surface area (Å²) in [5, 5.41) is 4.97. The monoisotopic (exact) mass is 241 g/mol. The number of nitrogens with zero attached hydrogens (tertiary/aromatic N) is 2. The zero-order valence-corrected chi connectivity index (χ0v) is 11.3. The minimum absolute atomic E-state index is 0.244. The first-order valence-electron chi connectivity index (χ1n) is 6.04. The molecule has 0 fully saturated rings. The second-order valence-corrected chi connectivity index (χ2v) is 5.69. The van der Waals surface area contributed by atoms with Gasteiger partial charge in [0.25, 0.3) is 0 Å². The molecular weight excluding hydrogens is 218 g/mol. The van der Waals surface area contributed by atoms with Crippen LogP contribution in [0, 0.1) is 0 Å². The predicted molar refractivity (Wildman–Crippen MR) is 71.8 cm³/mol. The Labute approximate surface area is 103 Å². The molecule has 1 rings (SSSR count). The fraction of sp³-hybridized carbons (Fsp3) is 0.750. The van der Waals surface area contributed by atoms with Gasteiger partial charge in [0.15, 0.2) is 0 Å². The van der Waals surface area contributed by atoms with Crippen molar-refractivity contribution in [1.29, 1.82) is 0 Å². The maximum atomic E-state index is 6.10. The van der Waals surface area contributed by atoms with Gasteiger partial charge in [-0.15, -0.1) is 0 Å². The van der Waals surface area contributed by atoms with Crippen LogP contribution in [0.5, 0.6) is 0 Å². The topological polar surface area (TPSA) is 43.8 Å². The largest absolute Gasteiger partial charge is 0.327 e. The van der Waals surface area contributed by atoms with E-state index >= 15 is 0 Å². The molecule has 0 aliphatic carbocycles. The summed E-state index contributed by atoms with van der Waals surface area (Å²) in [5.41, 5.74) is 7.35. The lowest BCUT2D eigenvalue weighted by molar-refractivity contribution is 0.658. The first-order valence-corrected chi connectivity index (χ1v) is 7.09. The highest BCUT2D eigenvalue weighted by Crippen LogP contribution is 2.15. The molecule has 2 atom stereocenters. The van der Waals surface area contributed by atoms with Gasteiger partial charge < -0.3 is 5.73 Å². The third kappa shape index (κ3) is 4.58. The second-order valence-electron chi connectivity index (χ2n) is 4.22. The van der Waals surface area contributed by atoms with Gasteiger partial charge in [-0.25, -0.2) is 0 Å². The summed E-state index contributed by atoms with van der Waals surface area (Å²) in [6.07, 6.45) is 6.17. The normalized spacial score (nSPS) is 15.0. The SMILES string of the molecule is CCC(C)SCC(N)Cc1cnn(CC)c1. The lowest BCUT2D eigenvalue weighted by Crippen LogP contribution is -2.26. The van der Waals surface area contributed by atoms with E-state index in [9.17, 15) is 0 Å². The van der Waals surface area contributed by atoms with Crippen LogP contribution >= 0.6 is 11.8 Å². The van der Waals surface area contributed by atoms with E-state index in [1.54, 1.807) is 0 Å². The van der Waals surface area contributed by atoms with Crippen molar-refractivity contribution in [3.05, 3.63) is 18.0 Å². The highest BCUT2D eigenvalue weighted by Gasteiger charge is 2.08. The molecule has 0 radical (unpaired) electrons. The highest BCUT2D eigenvalue weighted by molar-refractivity contribution is 7.99. The molecule has 3 nitrogen and oxygen atoms in total. The van der Waals surface area contributed by atoms with Gasteiger partial charge in [-0.3, -0.25) is 4.68 Å². The summed E-state index contributed by atoms with van der Waals surface area (Å²) >= 11 is 1.96. The average Bonchev–Trinajstić information content (AvgIpc) is 2.73. The standard InChI is InChI=1S/C12H23N3S/c1-4-10(3)16-9-12(13)6-11-7-14-15(5-2)8-11/h7-8,10,12H,4-6,9,13H2,1-3H3. The summed E-state index contributed by atoms with van der Waals surface area (Å²) in [7, 11) is 0. The zero-order chi connectivity index (χ0) is 12.0. The van der Waals surface area contributed by atoms with Crippen LogP contribution in [0.15, 0.2) is 12.4 Å². The van der Waals surface area contributed by atoms with E-state index in [1.165, 1.54) is 12.0 Å². The van der Waals surface area contributed by atoms with E-state index in [0.717, 1.165) is 18.7 Å². The van der Waals surface area contributed by atoms with Crippen molar-refractivity contribution in [2.24, 2.45) is 5.73 Å². The van der Waals surface area contributed by atoms with Crippen LogP contribution in [-0.4, -0.2) is 26.8 Å². The second kappa shape index (κ2) is 6.97. The van der Waals surface area contributed by atoms with Crippen LogP contribution in [0.25, 0.3) is 0 Å². The van der Waals surface area contributed by atoms with Crippen LogP contribution in [0.1, 0.15) is 32.8 Å². The first-order chi connectivity index (χ1) is 7.65. The van der Waals surface area contributed by atoms with E-state index in [-0.39, 0.29) is 6.04 Å². The Bertz CT molecular complexity index is 298. The summed E-state index contributed by atoms with van der Waals surface area (Å²) in [4.78, 5) is 0. The average molecular weight is 241 g/mol. The predicted octanol–water partition coefficient (Wildman–Crippen LogP) is 2.30. The molecule has 0 aliphatic rings. The Morgan fingerprint density at radius 3 is 2.81 bits per heavy atom. The van der Waals surface area contributed by atoms with Crippen molar-refractivity contribution in [2.45, 2.75) is 51.4 Å². The van der Waals surface area contributed by atoms with Crippen molar-refractivity contribution >= 4 is 11.8 Å². The van der Waals surface area contributed by atoms with Gasteiger partial charge in [-0.05, 0) is 25.3 Å². The number of hydrogen-bond donors (Lipinski definition) is 1. The van der Waals surface area contributed by atoms with E-state index in [0.29, 0.717) is 5.25 Å². The Kier molecular flexibility index (Phi) is 5.91. The highest BCUT2D eigenvalue weighted by atomic mass is 32.2. The third-order valence-corrected chi connectivity index (χ3v) is 4.20. The molecule has 0 aromatic carbocycles. The van der Waals surface area contributed by atoms with Crippen LogP contribution in [0.2, 0.25) is 0 Å². The molecule has 2 N–H and O–H groups in total. The van der Waals surface area contributed by atoms with Gasteiger partial charge in [0, 0.05) is 29.8 Å². The van der Waals surface area contributed by atoms with Crippen LogP contribution in [-0.2, 0) is 13.0 Å². The molecule has 4 heteroatoms. The van der Waals surface area contributed by atoms with Gasteiger partial charge in [0.2, 0.25) is 0 Å². The molecule has 0 spiro atoms. The fourth-order valence-corrected chi connectivity index (χ4v) is 2.38. The molecular formula is C12H23N3S. The minimum atomic E-state index is 0.244. The van der Waals surface area contributed by atoms with E-state index in [1.807, 2.05) is 22.6 Å². The Morgan fingerprint density at radius 1 is 1.50 bits per heavy atom. The van der Waals surface area contributed by atoms with Crippen LogP contribution in [0.3, 0.4) is 0 Å². The molecule has 1 aromatic heterocycles. The van der Waals surface area contributed by atoms with Crippen molar-refractivity contribution in [3.63, 3.8) is 0 Å². The van der Waals surface area contributed by atoms with E-state index in [2.05, 4.69) is 32.1 Å². The lowest BCUT2D eigenvalue weighted by Gasteiger charge is -2.13. The maximum Gasteiger partial charge on any atom is 0.0522 e. The van der Waals surface area contributed by atoms with Gasteiger partial charge in [-0.2, -0.15) is 16.9 Å². The Morgan fingerprint density at radius 2 is 2.25 bits per heavy atom. The number of thioether (sulfide) groups is 1. The number of rotatable bonds is 7. The maximum absolute atomic E-state index is 6.10. The molecule has 0 saturated carbocycles. The molecule has 0 aliphatic heterocycles. The summed E-state index contributed by atoms with van der Waals surface area (Å²) < 4.78 is 1.95. The molecule has 16 heavy (non-hydrogen) atoms. The summed E-state index contributed by atoms with van der Waals surface area (Å²) in [5.74, 6) is 1.03. The van der Waals surface area contributed by atoms with Gasteiger partial charge in [0.1, 0.15) is 0 Å². The lowest BCUT2D eigenvalue weighted by atomic mass is 10.1. The quantitative estimate of drug-likeness (QED) is 0.796. The van der Waals surface area contributed by atoms with Crippen molar-refractivity contribution < 1.29 is 0 Å². The molecule has 1 aromatic rings. The summed E-state index contributed by atoms with van der Waals surface area (Å²) in [6.45, 7) is 7.49. The molecule has 2 unspecified atom stereocenters. The molecule has 0 saturated heterocycles. The van der Waals surface area contributed by atoms with Gasteiger partial charge in [0.05, 0.1) is 6.20 Å². The van der Waals surface area contributed by atoms with E-state index < -0.39 is 0 Å². The van der Waals surface area contributed by atoms with Gasteiger partial charge in [-0.1, -0.05) is 13.8 Å². The van der Waals surface area contributed by atoms with Crippen LogP contribution in [0.4, 0.5) is 0 Å². The third-order valence-electron chi connectivity index (χ3n) is 2.68. The molecule has 1 heterocycles. The van der Waals surface area contributed by atoms with Gasteiger partial charge >= 0.3 is 0 Å². The number of aryl methyl sites for hydroxylation is 1. The number of hydrogen-bond acceptors (Lipinski definition) is 3. The van der Waals surface area contributed by atoms with Crippen molar-refractivity contribution in [2.75, 3.05) is 5.75 Å². The number of nitrogens with two attached hydrogens (primary N) is 1. The Balaban J connectivity index is 2.30. The number of aromatic nitrogens is 2. The van der Waals surface area contributed by atoms with E-state index in [4.69, 9.17) is 5.73 Å². The fourth-order valence-electron chi connectivity index (χ4n) is 1.45. The van der Waals surface area contributed by atoms with Crippen LogP contribution < -0.4 is 5.73 Å². The summed E-state index contributed by atoms with van der Waals surface area (Å²) in [6, 6.07) is 0.244. The molecule has 0 amide bonds. The zero-order valence-electron chi connectivity index (χ0n) is 10.5. The molecule has 92 valence electrons.